The van der Waals surface area contributed by atoms with Gasteiger partial charge in [0.05, 0.1) is 11.3 Å². The SMILES string of the molecule is O=C(NNC(=O)c1ccccc1Nc1ccc(OC(F)F)cc1)c1ccccc1. The second kappa shape index (κ2) is 9.32. The van der Waals surface area contributed by atoms with Gasteiger partial charge in [0.25, 0.3) is 11.8 Å². The molecule has 0 spiro atoms. The third kappa shape index (κ3) is 5.52. The summed E-state index contributed by atoms with van der Waals surface area (Å²) < 4.78 is 28.8. The van der Waals surface area contributed by atoms with Crippen LogP contribution in [0.1, 0.15) is 20.7 Å². The van der Waals surface area contributed by atoms with E-state index in [9.17, 15) is 18.4 Å². The summed E-state index contributed by atoms with van der Waals surface area (Å²) in [6.07, 6.45) is 0. The van der Waals surface area contributed by atoms with E-state index in [-0.39, 0.29) is 11.3 Å². The molecule has 8 heteroatoms. The summed E-state index contributed by atoms with van der Waals surface area (Å²) in [6, 6.07) is 21.0. The van der Waals surface area contributed by atoms with Gasteiger partial charge >= 0.3 is 6.61 Å². The average molecular weight is 397 g/mol. The number of anilines is 2. The molecule has 29 heavy (non-hydrogen) atoms. The monoisotopic (exact) mass is 397 g/mol. The van der Waals surface area contributed by atoms with Crippen molar-refractivity contribution in [3.63, 3.8) is 0 Å². The van der Waals surface area contributed by atoms with E-state index in [1.54, 1.807) is 66.7 Å². The van der Waals surface area contributed by atoms with Gasteiger partial charge in [-0.15, -0.1) is 0 Å². The highest BCUT2D eigenvalue weighted by molar-refractivity contribution is 6.02. The molecule has 0 atom stereocenters. The first-order valence-electron chi connectivity index (χ1n) is 8.59. The molecule has 0 saturated heterocycles. The van der Waals surface area contributed by atoms with Gasteiger partial charge in [0.1, 0.15) is 5.75 Å². The van der Waals surface area contributed by atoms with Crippen LogP contribution in [0.3, 0.4) is 0 Å². The summed E-state index contributed by atoms with van der Waals surface area (Å²) in [4.78, 5) is 24.6. The predicted molar refractivity (Wildman–Crippen MR) is 104 cm³/mol. The summed E-state index contributed by atoms with van der Waals surface area (Å²) in [6.45, 7) is -2.90. The molecule has 148 valence electrons. The first-order valence-corrected chi connectivity index (χ1v) is 8.59. The predicted octanol–water partition coefficient (Wildman–Crippen LogP) is 4.11. The fourth-order valence-electron chi connectivity index (χ4n) is 2.51. The minimum atomic E-state index is -2.90. The van der Waals surface area contributed by atoms with E-state index in [4.69, 9.17) is 0 Å². The zero-order chi connectivity index (χ0) is 20.6. The molecule has 3 rings (SSSR count). The van der Waals surface area contributed by atoms with Crippen LogP contribution in [0.15, 0.2) is 78.9 Å². The second-order valence-electron chi connectivity index (χ2n) is 5.85. The quantitative estimate of drug-likeness (QED) is 0.547. The summed E-state index contributed by atoms with van der Waals surface area (Å²) in [7, 11) is 0. The lowest BCUT2D eigenvalue weighted by Crippen LogP contribution is -2.41. The van der Waals surface area contributed by atoms with Crippen molar-refractivity contribution in [3.05, 3.63) is 90.0 Å². The highest BCUT2D eigenvalue weighted by Gasteiger charge is 2.13. The zero-order valence-electron chi connectivity index (χ0n) is 15.1. The van der Waals surface area contributed by atoms with E-state index < -0.39 is 18.4 Å². The van der Waals surface area contributed by atoms with Crippen LogP contribution >= 0.6 is 0 Å². The van der Waals surface area contributed by atoms with Crippen LogP contribution in [0.4, 0.5) is 20.2 Å². The lowest BCUT2D eigenvalue weighted by Gasteiger charge is -2.13. The molecule has 0 aliphatic carbocycles. The van der Waals surface area contributed by atoms with Crippen molar-refractivity contribution in [2.24, 2.45) is 0 Å². The molecular weight excluding hydrogens is 380 g/mol. The number of ether oxygens (including phenoxy) is 1. The number of alkyl halides is 2. The molecule has 0 unspecified atom stereocenters. The van der Waals surface area contributed by atoms with E-state index in [1.165, 1.54) is 12.1 Å². The molecule has 3 aromatic rings. The zero-order valence-corrected chi connectivity index (χ0v) is 15.1. The van der Waals surface area contributed by atoms with Crippen LogP contribution in [0.2, 0.25) is 0 Å². The second-order valence-corrected chi connectivity index (χ2v) is 5.85. The number of hydrogen-bond donors (Lipinski definition) is 3. The average Bonchev–Trinajstić information content (AvgIpc) is 2.74. The third-order valence-electron chi connectivity index (χ3n) is 3.86. The molecule has 0 fully saturated rings. The molecule has 0 aliphatic heterocycles. The fourth-order valence-corrected chi connectivity index (χ4v) is 2.51. The standard InChI is InChI=1S/C21H17F2N3O3/c22-21(23)29-16-12-10-15(11-13-16)24-18-9-5-4-8-17(18)20(28)26-25-19(27)14-6-2-1-3-7-14/h1-13,21,24H,(H,25,27)(H,26,28). The van der Waals surface area contributed by atoms with E-state index in [1.807, 2.05) is 0 Å². The molecule has 3 aromatic carbocycles. The van der Waals surface area contributed by atoms with Crippen LogP contribution in [0.25, 0.3) is 0 Å². The van der Waals surface area contributed by atoms with Gasteiger partial charge in [0.2, 0.25) is 0 Å². The number of benzene rings is 3. The van der Waals surface area contributed by atoms with E-state index >= 15 is 0 Å². The topological polar surface area (TPSA) is 79.5 Å². The maximum absolute atomic E-state index is 12.5. The Morgan fingerprint density at radius 3 is 2.07 bits per heavy atom. The smallest absolute Gasteiger partial charge is 0.387 e. The number of hydrazine groups is 1. The van der Waals surface area contributed by atoms with Crippen molar-refractivity contribution >= 4 is 23.2 Å². The Bertz CT molecular complexity index is 980. The molecule has 6 nitrogen and oxygen atoms in total. The Kier molecular flexibility index (Phi) is 6.36. The van der Waals surface area contributed by atoms with Gasteiger partial charge in [-0.3, -0.25) is 20.4 Å². The molecule has 0 aliphatic rings. The summed E-state index contributed by atoms with van der Waals surface area (Å²) >= 11 is 0. The Morgan fingerprint density at radius 2 is 1.38 bits per heavy atom. The number of rotatable bonds is 6. The molecule has 3 N–H and O–H groups in total. The van der Waals surface area contributed by atoms with Crippen molar-refractivity contribution < 1.29 is 23.1 Å². The van der Waals surface area contributed by atoms with E-state index in [2.05, 4.69) is 20.9 Å². The fraction of sp³-hybridized carbons (Fsp3) is 0.0476. The van der Waals surface area contributed by atoms with Gasteiger partial charge < -0.3 is 10.1 Å². The number of hydrogen-bond acceptors (Lipinski definition) is 4. The Balaban J connectivity index is 1.66. The normalized spacial score (nSPS) is 10.3. The van der Waals surface area contributed by atoms with Crippen molar-refractivity contribution in [3.8, 4) is 5.75 Å². The molecule has 0 saturated carbocycles. The largest absolute Gasteiger partial charge is 0.435 e. The van der Waals surface area contributed by atoms with Crippen molar-refractivity contribution in [1.82, 2.24) is 10.9 Å². The first-order chi connectivity index (χ1) is 14.0. The minimum Gasteiger partial charge on any atom is -0.435 e. The van der Waals surface area contributed by atoms with Gasteiger partial charge in [-0.25, -0.2) is 0 Å². The van der Waals surface area contributed by atoms with Gasteiger partial charge in [-0.2, -0.15) is 8.78 Å². The van der Waals surface area contributed by atoms with Crippen molar-refractivity contribution in [2.75, 3.05) is 5.32 Å². The maximum Gasteiger partial charge on any atom is 0.387 e. The molecule has 0 heterocycles. The molecule has 2 amide bonds. The van der Waals surface area contributed by atoms with Crippen LogP contribution < -0.4 is 20.9 Å². The third-order valence-corrected chi connectivity index (χ3v) is 3.86. The van der Waals surface area contributed by atoms with E-state index in [0.717, 1.165) is 0 Å². The Morgan fingerprint density at radius 1 is 0.759 bits per heavy atom. The van der Waals surface area contributed by atoms with Gasteiger partial charge in [0, 0.05) is 11.3 Å². The van der Waals surface area contributed by atoms with Gasteiger partial charge in [-0.05, 0) is 48.5 Å². The molecular formula is C21H17F2N3O3. The lowest BCUT2D eigenvalue weighted by atomic mass is 10.1. The molecule has 0 bridgehead atoms. The molecule has 0 aromatic heterocycles. The number of carbonyl (C=O) groups excluding carboxylic acids is 2. The summed E-state index contributed by atoms with van der Waals surface area (Å²) in [5.74, 6) is -0.936. The number of carbonyl (C=O) groups is 2. The number of halogens is 2. The van der Waals surface area contributed by atoms with Crippen LogP contribution in [-0.2, 0) is 0 Å². The Hall–Kier alpha value is -3.94. The van der Waals surface area contributed by atoms with Crippen LogP contribution in [-0.4, -0.2) is 18.4 Å². The van der Waals surface area contributed by atoms with Gasteiger partial charge in [-0.1, -0.05) is 30.3 Å². The van der Waals surface area contributed by atoms with Crippen LogP contribution in [0.5, 0.6) is 5.75 Å². The Labute approximate surface area is 165 Å². The van der Waals surface area contributed by atoms with Crippen LogP contribution in [0, 0.1) is 0 Å². The minimum absolute atomic E-state index is 0.0280. The van der Waals surface area contributed by atoms with Crippen molar-refractivity contribution in [1.29, 1.82) is 0 Å². The number of amides is 2. The van der Waals surface area contributed by atoms with E-state index in [0.29, 0.717) is 16.9 Å². The number of nitrogens with one attached hydrogen (secondary N) is 3. The van der Waals surface area contributed by atoms with Crippen molar-refractivity contribution in [2.45, 2.75) is 6.61 Å². The first kappa shape index (κ1) is 19.8. The number of para-hydroxylation sites is 1. The lowest BCUT2D eigenvalue weighted by molar-refractivity contribution is -0.0498. The van der Waals surface area contributed by atoms with Gasteiger partial charge in [0.15, 0.2) is 0 Å². The summed E-state index contributed by atoms with van der Waals surface area (Å²) in [5, 5.41) is 3.04. The highest BCUT2D eigenvalue weighted by atomic mass is 19.3. The summed E-state index contributed by atoms with van der Waals surface area (Å²) in [5.41, 5.74) is 6.47. The molecule has 0 radical (unpaired) electrons. The highest BCUT2D eigenvalue weighted by Crippen LogP contribution is 2.23. The maximum atomic E-state index is 12.5.